The van der Waals surface area contributed by atoms with Crippen LogP contribution in [0.2, 0.25) is 5.02 Å². The van der Waals surface area contributed by atoms with Gasteiger partial charge >= 0.3 is 6.18 Å². The fourth-order valence-corrected chi connectivity index (χ4v) is 1.53. The normalized spacial score (nSPS) is 11.2. The van der Waals surface area contributed by atoms with Gasteiger partial charge in [0.25, 0.3) is 0 Å². The highest BCUT2D eigenvalue weighted by molar-refractivity contribution is 6.32. The van der Waals surface area contributed by atoms with E-state index in [0.29, 0.717) is 6.20 Å². The van der Waals surface area contributed by atoms with Crippen molar-refractivity contribution in [2.24, 2.45) is 0 Å². The van der Waals surface area contributed by atoms with E-state index < -0.39 is 11.7 Å². The molecule has 3 N–H and O–H groups in total. The number of amides is 1. The number of anilines is 1. The van der Waals surface area contributed by atoms with E-state index in [4.69, 9.17) is 16.7 Å². The van der Waals surface area contributed by atoms with Gasteiger partial charge in [-0.05, 0) is 6.07 Å². The van der Waals surface area contributed by atoms with E-state index in [0.717, 1.165) is 6.07 Å². The molecule has 0 bridgehead atoms. The van der Waals surface area contributed by atoms with E-state index in [1.54, 1.807) is 0 Å². The van der Waals surface area contributed by atoms with Gasteiger partial charge < -0.3 is 15.7 Å². The highest BCUT2D eigenvalue weighted by atomic mass is 35.5. The van der Waals surface area contributed by atoms with Crippen molar-refractivity contribution in [3.05, 3.63) is 22.8 Å². The fourth-order valence-electron chi connectivity index (χ4n) is 1.30. The Balaban J connectivity index is 2.51. The minimum absolute atomic E-state index is 0.0784. The molecule has 0 saturated heterocycles. The number of alkyl halides is 3. The zero-order valence-corrected chi connectivity index (χ0v) is 11.1. The summed E-state index contributed by atoms with van der Waals surface area (Å²) in [6, 6.07) is 0.767. The Hall–Kier alpha value is -1.54. The number of hydrogen-bond acceptors (Lipinski definition) is 4. The van der Waals surface area contributed by atoms with Gasteiger partial charge in [-0.15, -0.1) is 0 Å². The summed E-state index contributed by atoms with van der Waals surface area (Å²) in [5.74, 6) is -0.218. The average Bonchev–Trinajstić information content (AvgIpc) is 2.37. The number of pyridine rings is 1. The van der Waals surface area contributed by atoms with Crippen LogP contribution >= 0.6 is 11.6 Å². The van der Waals surface area contributed by atoms with Crippen LogP contribution in [0.4, 0.5) is 19.0 Å². The molecule has 1 amide bonds. The largest absolute Gasteiger partial charge is 0.417 e. The standard InChI is InChI=1S/C11H13ClF3N3O2/c12-8-5-7(11(13,14)15)6-18-10(8)17-2-1-9(20)16-3-4-19/h5-6,19H,1-4H2,(H,16,20)(H,17,18). The lowest BCUT2D eigenvalue weighted by Gasteiger charge is -2.10. The Morgan fingerprint density at radius 1 is 1.40 bits per heavy atom. The van der Waals surface area contributed by atoms with E-state index in [1.165, 1.54) is 0 Å². The van der Waals surface area contributed by atoms with E-state index >= 15 is 0 Å². The van der Waals surface area contributed by atoms with Crippen molar-refractivity contribution in [3.8, 4) is 0 Å². The highest BCUT2D eigenvalue weighted by Crippen LogP contribution is 2.32. The molecule has 0 atom stereocenters. The van der Waals surface area contributed by atoms with Crippen LogP contribution < -0.4 is 10.6 Å². The number of aliphatic hydroxyl groups is 1. The molecule has 0 aromatic carbocycles. The third-order valence-corrected chi connectivity index (χ3v) is 2.54. The van der Waals surface area contributed by atoms with Crippen LogP contribution in [0.5, 0.6) is 0 Å². The molecule has 0 radical (unpaired) electrons. The van der Waals surface area contributed by atoms with Gasteiger partial charge in [0.05, 0.1) is 17.2 Å². The quantitative estimate of drug-likeness (QED) is 0.747. The van der Waals surface area contributed by atoms with Crippen molar-refractivity contribution in [1.29, 1.82) is 0 Å². The summed E-state index contributed by atoms with van der Waals surface area (Å²) in [4.78, 5) is 14.8. The maximum Gasteiger partial charge on any atom is 0.417 e. The Bertz CT molecular complexity index is 469. The van der Waals surface area contributed by atoms with Gasteiger partial charge in [0.15, 0.2) is 0 Å². The van der Waals surface area contributed by atoms with Crippen LogP contribution in [0.3, 0.4) is 0 Å². The van der Waals surface area contributed by atoms with Gasteiger partial charge in [-0.1, -0.05) is 11.6 Å². The number of halogens is 4. The molecule has 20 heavy (non-hydrogen) atoms. The first kappa shape index (κ1) is 16.5. The van der Waals surface area contributed by atoms with E-state index in [2.05, 4.69) is 15.6 Å². The number of aliphatic hydroxyl groups excluding tert-OH is 1. The van der Waals surface area contributed by atoms with Crippen molar-refractivity contribution in [2.75, 3.05) is 25.0 Å². The van der Waals surface area contributed by atoms with Gasteiger partial charge in [0, 0.05) is 25.7 Å². The highest BCUT2D eigenvalue weighted by Gasteiger charge is 2.31. The second-order valence-electron chi connectivity index (χ2n) is 3.80. The molecule has 5 nitrogen and oxygen atoms in total. The first-order valence-electron chi connectivity index (χ1n) is 5.68. The second kappa shape index (κ2) is 7.30. The van der Waals surface area contributed by atoms with Crippen molar-refractivity contribution in [3.63, 3.8) is 0 Å². The number of carbonyl (C=O) groups is 1. The Kier molecular flexibility index (Phi) is 6.03. The molecular weight excluding hydrogens is 299 g/mol. The first-order chi connectivity index (χ1) is 9.34. The zero-order chi connectivity index (χ0) is 15.2. The van der Waals surface area contributed by atoms with Gasteiger partial charge in [0.1, 0.15) is 5.82 Å². The van der Waals surface area contributed by atoms with Crippen molar-refractivity contribution in [2.45, 2.75) is 12.6 Å². The van der Waals surface area contributed by atoms with Crippen LogP contribution in [0.1, 0.15) is 12.0 Å². The molecule has 0 unspecified atom stereocenters. The van der Waals surface area contributed by atoms with Crippen LogP contribution in [-0.2, 0) is 11.0 Å². The molecule has 9 heteroatoms. The minimum atomic E-state index is -4.50. The van der Waals surface area contributed by atoms with E-state index in [-0.39, 0.29) is 42.9 Å². The summed E-state index contributed by atoms with van der Waals surface area (Å²) in [6.07, 6.45) is -3.75. The third-order valence-electron chi connectivity index (χ3n) is 2.25. The Morgan fingerprint density at radius 3 is 2.65 bits per heavy atom. The molecule has 112 valence electrons. The maximum atomic E-state index is 12.4. The molecule has 0 saturated carbocycles. The average molecular weight is 312 g/mol. The molecule has 0 fully saturated rings. The van der Waals surface area contributed by atoms with Crippen LogP contribution in [0, 0.1) is 0 Å². The molecule has 0 aliphatic carbocycles. The number of nitrogens with zero attached hydrogens (tertiary/aromatic N) is 1. The molecule has 0 aliphatic heterocycles. The molecular formula is C11H13ClF3N3O2. The summed E-state index contributed by atoms with van der Waals surface area (Å²) in [5.41, 5.74) is -0.936. The number of aromatic nitrogens is 1. The smallest absolute Gasteiger partial charge is 0.395 e. The van der Waals surface area contributed by atoms with Crippen molar-refractivity contribution >= 4 is 23.3 Å². The van der Waals surface area contributed by atoms with Crippen molar-refractivity contribution in [1.82, 2.24) is 10.3 Å². The SMILES string of the molecule is O=C(CCNc1ncc(C(F)(F)F)cc1Cl)NCCO. The van der Waals surface area contributed by atoms with Gasteiger partial charge in [-0.3, -0.25) is 4.79 Å². The summed E-state index contributed by atoms with van der Waals surface area (Å²) in [5, 5.41) is 13.4. The minimum Gasteiger partial charge on any atom is -0.395 e. The van der Waals surface area contributed by atoms with Gasteiger partial charge in [-0.2, -0.15) is 13.2 Å². The van der Waals surface area contributed by atoms with Gasteiger partial charge in [0.2, 0.25) is 5.91 Å². The van der Waals surface area contributed by atoms with Gasteiger partial charge in [-0.25, -0.2) is 4.98 Å². The fraction of sp³-hybridized carbons (Fsp3) is 0.455. The topological polar surface area (TPSA) is 74.2 Å². The molecule has 0 aliphatic rings. The Labute approximate surface area is 118 Å². The predicted octanol–water partition coefficient (Wildman–Crippen LogP) is 1.66. The molecule has 1 aromatic rings. The van der Waals surface area contributed by atoms with Crippen molar-refractivity contribution < 1.29 is 23.1 Å². The number of hydrogen-bond donors (Lipinski definition) is 3. The first-order valence-corrected chi connectivity index (χ1v) is 6.06. The lowest BCUT2D eigenvalue weighted by molar-refractivity contribution is -0.137. The monoisotopic (exact) mass is 311 g/mol. The lowest BCUT2D eigenvalue weighted by atomic mass is 10.2. The summed E-state index contributed by atoms with van der Waals surface area (Å²) < 4.78 is 37.2. The van der Waals surface area contributed by atoms with Crippen LogP contribution in [0.15, 0.2) is 12.3 Å². The van der Waals surface area contributed by atoms with E-state index in [1.807, 2.05) is 0 Å². The van der Waals surface area contributed by atoms with E-state index in [9.17, 15) is 18.0 Å². The lowest BCUT2D eigenvalue weighted by Crippen LogP contribution is -2.28. The number of carbonyl (C=O) groups excluding carboxylic acids is 1. The number of nitrogens with one attached hydrogen (secondary N) is 2. The summed E-state index contributed by atoms with van der Waals surface area (Å²) >= 11 is 5.68. The summed E-state index contributed by atoms with van der Waals surface area (Å²) in [7, 11) is 0. The molecule has 1 heterocycles. The predicted molar refractivity (Wildman–Crippen MR) is 67.5 cm³/mol. The molecule has 1 rings (SSSR count). The molecule has 0 spiro atoms. The summed E-state index contributed by atoms with van der Waals surface area (Å²) in [6.45, 7) is 0.152. The number of rotatable bonds is 6. The van der Waals surface area contributed by atoms with Crippen LogP contribution in [0.25, 0.3) is 0 Å². The molecule has 1 aromatic heterocycles. The maximum absolute atomic E-state index is 12.4. The van der Waals surface area contributed by atoms with Crippen LogP contribution in [-0.4, -0.2) is 35.7 Å². The second-order valence-corrected chi connectivity index (χ2v) is 4.21. The Morgan fingerprint density at radius 2 is 2.10 bits per heavy atom. The third kappa shape index (κ3) is 5.22. The zero-order valence-electron chi connectivity index (χ0n) is 10.3.